The number of rotatable bonds is 8. The summed E-state index contributed by atoms with van der Waals surface area (Å²) in [7, 11) is 0. The van der Waals surface area contributed by atoms with Gasteiger partial charge in [0.2, 0.25) is 0 Å². The van der Waals surface area contributed by atoms with E-state index in [4.69, 9.17) is 0 Å². The maximum absolute atomic E-state index is 15.1. The van der Waals surface area contributed by atoms with Crippen LogP contribution in [0.25, 0.3) is 21.9 Å². The maximum atomic E-state index is 15.1. The molecule has 5 rings (SSSR count). The zero-order valence-corrected chi connectivity index (χ0v) is 26.7. The molecule has 1 fully saturated rings. The summed E-state index contributed by atoms with van der Waals surface area (Å²) in [4.78, 5) is 0. The molecule has 0 atom stereocenters. The van der Waals surface area contributed by atoms with Crippen molar-refractivity contribution in [3.05, 3.63) is 100 Å². The van der Waals surface area contributed by atoms with Crippen LogP contribution in [0.1, 0.15) is 75.0 Å². The van der Waals surface area contributed by atoms with E-state index < -0.39 is 69.0 Å². The van der Waals surface area contributed by atoms with Gasteiger partial charge in [-0.15, -0.1) is 0 Å². The van der Waals surface area contributed by atoms with Crippen LogP contribution in [0.15, 0.2) is 54.6 Å². The van der Waals surface area contributed by atoms with Crippen LogP contribution in [0.3, 0.4) is 0 Å². The van der Waals surface area contributed by atoms with Crippen molar-refractivity contribution in [2.24, 2.45) is 11.8 Å². The minimum Gasteiger partial charge on any atom is -0.429 e. The number of unbranched alkanes of at least 4 members (excludes halogenated alkanes) is 2. The van der Waals surface area contributed by atoms with Crippen molar-refractivity contribution in [2.75, 3.05) is 0 Å². The van der Waals surface area contributed by atoms with Crippen LogP contribution in [0.2, 0.25) is 0 Å². The van der Waals surface area contributed by atoms with Crippen LogP contribution in [0.5, 0.6) is 5.75 Å². The lowest BCUT2D eigenvalue weighted by Gasteiger charge is -2.25. The molecule has 1 aliphatic rings. The molecule has 0 heterocycles. The summed E-state index contributed by atoms with van der Waals surface area (Å²) in [5, 5.41) is -0.884. The van der Waals surface area contributed by atoms with Gasteiger partial charge >= 0.3 is 12.3 Å². The van der Waals surface area contributed by atoms with Crippen molar-refractivity contribution in [3.63, 3.8) is 0 Å². The highest BCUT2D eigenvalue weighted by Gasteiger charge is 2.41. The van der Waals surface area contributed by atoms with E-state index in [0.717, 1.165) is 49.8 Å². The highest BCUT2D eigenvalue weighted by Crippen LogP contribution is 2.39. The summed E-state index contributed by atoms with van der Waals surface area (Å²) in [6.07, 6.45) is -0.693. The molecule has 0 N–H and O–H groups in total. The molecule has 262 valence electrons. The minimum absolute atomic E-state index is 0.191. The number of hydrogen-bond donors (Lipinski definition) is 0. The van der Waals surface area contributed by atoms with Crippen LogP contribution in [-0.4, -0.2) is 6.18 Å². The van der Waals surface area contributed by atoms with Gasteiger partial charge in [-0.25, -0.2) is 22.0 Å². The van der Waals surface area contributed by atoms with E-state index in [9.17, 15) is 22.0 Å². The van der Waals surface area contributed by atoms with Crippen LogP contribution in [-0.2, 0) is 6.11 Å². The molecule has 0 aliphatic heterocycles. The Morgan fingerprint density at radius 1 is 0.740 bits per heavy atom. The van der Waals surface area contributed by atoms with Gasteiger partial charge in [-0.1, -0.05) is 56.4 Å². The predicted octanol–water partition coefficient (Wildman–Crippen LogP) is 12.0. The van der Waals surface area contributed by atoms with Gasteiger partial charge in [-0.05, 0) is 91.1 Å². The molecular weight excluding hydrogens is 674 g/mol. The number of halogens is 10. The standard InChI is InChI=1S/C39H30F10O/c1-2-3-4-5-23-6-8-24(9-7-23)10-11-25-12-14-29(32(40)18-25)27-21-34(42)36(35(43)22-27)39(48,49)50-28-13-15-30-26(19-28)20-33(41)31(37(30)44)16-17-38(45,46)47/h12-15,18-24H,2-9H2,1H3. The van der Waals surface area contributed by atoms with Gasteiger partial charge in [0, 0.05) is 28.4 Å². The van der Waals surface area contributed by atoms with Crippen LogP contribution in [0.4, 0.5) is 43.9 Å². The van der Waals surface area contributed by atoms with Gasteiger partial charge < -0.3 is 4.74 Å². The zero-order chi connectivity index (χ0) is 36.2. The van der Waals surface area contributed by atoms with Gasteiger partial charge in [0.1, 0.15) is 40.4 Å². The van der Waals surface area contributed by atoms with Gasteiger partial charge in [0.25, 0.3) is 0 Å². The lowest BCUT2D eigenvalue weighted by molar-refractivity contribution is -0.189. The zero-order valence-electron chi connectivity index (χ0n) is 26.7. The second kappa shape index (κ2) is 15.1. The number of hydrogen-bond acceptors (Lipinski definition) is 1. The highest BCUT2D eigenvalue weighted by molar-refractivity contribution is 5.86. The molecule has 4 aromatic rings. The molecule has 1 nitrogen and oxygen atoms in total. The molecule has 11 heteroatoms. The smallest absolute Gasteiger partial charge is 0.429 e. The van der Waals surface area contributed by atoms with Crippen LogP contribution >= 0.6 is 0 Å². The molecule has 0 radical (unpaired) electrons. The molecular formula is C39H30F10O. The summed E-state index contributed by atoms with van der Waals surface area (Å²) in [5.74, 6) is 1.01. The van der Waals surface area contributed by atoms with Gasteiger partial charge in [0.15, 0.2) is 0 Å². The molecule has 0 spiro atoms. The third-order valence-corrected chi connectivity index (χ3v) is 8.67. The second-order valence-electron chi connectivity index (χ2n) is 12.3. The fraction of sp³-hybridized carbons (Fsp3) is 0.333. The van der Waals surface area contributed by atoms with Crippen molar-refractivity contribution in [1.29, 1.82) is 0 Å². The number of fused-ring (bicyclic) bond motifs is 1. The molecule has 0 amide bonds. The Bertz CT molecular complexity index is 1980. The molecule has 0 saturated heterocycles. The molecule has 1 saturated carbocycles. The van der Waals surface area contributed by atoms with Gasteiger partial charge in [-0.2, -0.15) is 22.0 Å². The normalized spacial score (nSPS) is 16.4. The van der Waals surface area contributed by atoms with E-state index in [1.54, 1.807) is 0 Å². The van der Waals surface area contributed by atoms with Crippen molar-refractivity contribution in [2.45, 2.75) is 70.6 Å². The predicted molar refractivity (Wildman–Crippen MR) is 170 cm³/mol. The molecule has 4 aromatic carbocycles. The Hall–Kier alpha value is -4.64. The first-order valence-corrected chi connectivity index (χ1v) is 16.0. The first-order valence-electron chi connectivity index (χ1n) is 16.0. The van der Waals surface area contributed by atoms with E-state index in [1.807, 2.05) is 0 Å². The van der Waals surface area contributed by atoms with Crippen LogP contribution < -0.4 is 4.74 Å². The third-order valence-electron chi connectivity index (χ3n) is 8.67. The van der Waals surface area contributed by atoms with E-state index in [1.165, 1.54) is 43.7 Å². The second-order valence-corrected chi connectivity index (χ2v) is 12.3. The van der Waals surface area contributed by atoms with Crippen molar-refractivity contribution in [3.8, 4) is 40.6 Å². The summed E-state index contributed by atoms with van der Waals surface area (Å²) in [5.41, 5.74) is -3.26. The highest BCUT2D eigenvalue weighted by atomic mass is 19.4. The lowest BCUT2D eigenvalue weighted by atomic mass is 9.80. The number of alkyl halides is 5. The third kappa shape index (κ3) is 8.74. The Morgan fingerprint density at radius 2 is 1.44 bits per heavy atom. The Morgan fingerprint density at radius 3 is 2.08 bits per heavy atom. The van der Waals surface area contributed by atoms with E-state index in [0.29, 0.717) is 35.7 Å². The molecule has 0 aromatic heterocycles. The maximum Gasteiger partial charge on any atom is 0.458 e. The van der Waals surface area contributed by atoms with E-state index in [2.05, 4.69) is 23.5 Å². The van der Waals surface area contributed by atoms with Crippen molar-refractivity contribution >= 4 is 10.8 Å². The summed E-state index contributed by atoms with van der Waals surface area (Å²) >= 11 is 0. The minimum atomic E-state index is -5.03. The van der Waals surface area contributed by atoms with E-state index in [-0.39, 0.29) is 17.0 Å². The fourth-order valence-corrected chi connectivity index (χ4v) is 6.12. The van der Waals surface area contributed by atoms with E-state index >= 15 is 22.0 Å². The summed E-state index contributed by atoms with van der Waals surface area (Å²) in [6, 6.07) is 7.69. The number of benzene rings is 4. The Balaban J connectivity index is 1.31. The Labute approximate surface area is 282 Å². The first kappa shape index (κ1) is 36.6. The topological polar surface area (TPSA) is 9.23 Å². The van der Waals surface area contributed by atoms with Crippen molar-refractivity contribution in [1.82, 2.24) is 0 Å². The first-order chi connectivity index (χ1) is 23.6. The van der Waals surface area contributed by atoms with Gasteiger partial charge in [0.05, 0.1) is 5.56 Å². The average molecular weight is 705 g/mol. The Kier molecular flexibility index (Phi) is 11.1. The van der Waals surface area contributed by atoms with Crippen molar-refractivity contribution < 1.29 is 48.6 Å². The molecule has 50 heavy (non-hydrogen) atoms. The van der Waals surface area contributed by atoms with Gasteiger partial charge in [-0.3, -0.25) is 0 Å². The monoisotopic (exact) mass is 704 g/mol. The SMILES string of the molecule is CCCCCC1CCC(C#Cc2ccc(-c3cc(F)c(C(F)(F)Oc4ccc5c(F)c(C#CC(F)(F)F)c(F)cc5c4)c(F)c3)c(F)c2)CC1. The average Bonchev–Trinajstić information content (AvgIpc) is 3.03. The molecule has 1 aliphatic carbocycles. The summed E-state index contributed by atoms with van der Waals surface area (Å²) in [6.45, 7) is 2.17. The quantitative estimate of drug-likeness (QED) is 0.101. The lowest BCUT2D eigenvalue weighted by Crippen LogP contribution is -2.25. The summed E-state index contributed by atoms with van der Waals surface area (Å²) < 4.78 is 146. The van der Waals surface area contributed by atoms with Crippen LogP contribution in [0, 0.1) is 64.6 Å². The molecule has 0 bridgehead atoms. The fourth-order valence-electron chi connectivity index (χ4n) is 6.12. The largest absolute Gasteiger partial charge is 0.458 e. The molecule has 0 unspecified atom stereocenters. The number of ether oxygens (including phenoxy) is 1.